The summed E-state index contributed by atoms with van der Waals surface area (Å²) in [5.74, 6) is -0.770. The van der Waals surface area contributed by atoms with Crippen LogP contribution in [0, 0.1) is 13.8 Å². The lowest BCUT2D eigenvalue weighted by Crippen LogP contribution is -2.54. The molecule has 40 heavy (non-hydrogen) atoms. The first-order valence-electron chi connectivity index (χ1n) is 12.5. The van der Waals surface area contributed by atoms with Crippen molar-refractivity contribution in [3.63, 3.8) is 0 Å². The maximum atomic E-state index is 13.2. The number of hydrogen-bond acceptors (Lipinski definition) is 7. The normalized spacial score (nSPS) is 14.2. The Hall–Kier alpha value is -5.12. The Morgan fingerprint density at radius 2 is 1.70 bits per heavy atom. The molecular formula is C30H29N3O7. The van der Waals surface area contributed by atoms with E-state index in [2.05, 4.69) is 10.6 Å². The van der Waals surface area contributed by atoms with Gasteiger partial charge in [0, 0.05) is 5.69 Å². The van der Waals surface area contributed by atoms with Crippen LogP contribution in [0.4, 0.5) is 16.2 Å². The van der Waals surface area contributed by atoms with Gasteiger partial charge in [-0.05, 0) is 86.0 Å². The average molecular weight is 544 g/mol. The molecule has 0 unspecified atom stereocenters. The fourth-order valence-electron chi connectivity index (χ4n) is 4.01. The van der Waals surface area contributed by atoms with Crippen LogP contribution in [0.25, 0.3) is 6.08 Å². The van der Waals surface area contributed by atoms with Crippen molar-refractivity contribution >= 4 is 41.2 Å². The van der Waals surface area contributed by atoms with Crippen LogP contribution in [-0.2, 0) is 14.4 Å². The number of ether oxygens (including phenoxy) is 3. The highest BCUT2D eigenvalue weighted by Crippen LogP contribution is 2.30. The summed E-state index contributed by atoms with van der Waals surface area (Å²) in [6.45, 7) is 5.89. The third-order valence-electron chi connectivity index (χ3n) is 6.03. The van der Waals surface area contributed by atoms with Crippen molar-refractivity contribution in [3.8, 4) is 17.2 Å². The summed E-state index contributed by atoms with van der Waals surface area (Å²) in [7, 11) is 1.43. The third kappa shape index (κ3) is 6.29. The van der Waals surface area contributed by atoms with Gasteiger partial charge in [0.05, 0.1) is 19.4 Å². The molecule has 0 aromatic heterocycles. The van der Waals surface area contributed by atoms with Crippen LogP contribution in [0.1, 0.15) is 23.6 Å². The van der Waals surface area contributed by atoms with E-state index in [0.717, 1.165) is 16.0 Å². The standard InChI is InChI=1S/C30H29N3O7/c1-5-39-22-11-9-21(10-12-22)33-29(36)23(28(35)32-30(33)37)15-20-8-13-25(26(16-20)38-4)40-17-27(34)31-24-14-18(2)6-7-19(24)3/h6-16H,5,17H2,1-4H3,(H,31,34)(H,32,35,37)/b23-15+. The summed E-state index contributed by atoms with van der Waals surface area (Å²) in [6.07, 6.45) is 1.35. The van der Waals surface area contributed by atoms with Gasteiger partial charge in [0.25, 0.3) is 17.7 Å². The summed E-state index contributed by atoms with van der Waals surface area (Å²) in [5, 5.41) is 5.02. The SMILES string of the molecule is CCOc1ccc(N2C(=O)NC(=O)/C(=C\c3ccc(OCC(=O)Nc4cc(C)ccc4C)c(OC)c3)C2=O)cc1. The summed E-state index contributed by atoms with van der Waals surface area (Å²) in [5.41, 5.74) is 3.14. The number of carbonyl (C=O) groups excluding carboxylic acids is 4. The van der Waals surface area contributed by atoms with Crippen molar-refractivity contribution in [2.75, 3.05) is 30.5 Å². The molecule has 0 bridgehead atoms. The van der Waals surface area contributed by atoms with Gasteiger partial charge >= 0.3 is 6.03 Å². The zero-order valence-electron chi connectivity index (χ0n) is 22.6. The molecule has 0 radical (unpaired) electrons. The minimum absolute atomic E-state index is 0.239. The number of urea groups is 1. The average Bonchev–Trinajstić information content (AvgIpc) is 2.93. The zero-order chi connectivity index (χ0) is 28.8. The van der Waals surface area contributed by atoms with Crippen molar-refractivity contribution in [3.05, 3.63) is 82.9 Å². The molecular weight excluding hydrogens is 514 g/mol. The maximum absolute atomic E-state index is 13.2. The zero-order valence-corrected chi connectivity index (χ0v) is 22.6. The van der Waals surface area contributed by atoms with Crippen molar-refractivity contribution in [2.24, 2.45) is 0 Å². The molecule has 3 aromatic rings. The van der Waals surface area contributed by atoms with Crippen LogP contribution < -0.4 is 29.7 Å². The molecule has 0 aliphatic carbocycles. The van der Waals surface area contributed by atoms with Gasteiger partial charge in [0.1, 0.15) is 11.3 Å². The number of amides is 5. The monoisotopic (exact) mass is 543 g/mol. The van der Waals surface area contributed by atoms with Crippen LogP contribution in [0.3, 0.4) is 0 Å². The molecule has 5 amide bonds. The Labute approximate surface area is 231 Å². The number of barbiturate groups is 1. The Balaban J connectivity index is 1.50. The number of nitrogens with zero attached hydrogens (tertiary/aromatic N) is 1. The summed E-state index contributed by atoms with van der Waals surface area (Å²) < 4.78 is 16.5. The van der Waals surface area contributed by atoms with E-state index in [1.165, 1.54) is 13.2 Å². The predicted octanol–water partition coefficient (Wildman–Crippen LogP) is 4.39. The second-order valence-corrected chi connectivity index (χ2v) is 8.95. The molecule has 0 saturated carbocycles. The molecule has 1 aliphatic rings. The van der Waals surface area contributed by atoms with Gasteiger partial charge in [-0.2, -0.15) is 0 Å². The minimum Gasteiger partial charge on any atom is -0.494 e. The van der Waals surface area contributed by atoms with Gasteiger partial charge in [-0.1, -0.05) is 18.2 Å². The van der Waals surface area contributed by atoms with Gasteiger partial charge < -0.3 is 19.5 Å². The molecule has 206 valence electrons. The van der Waals surface area contributed by atoms with E-state index in [1.54, 1.807) is 42.5 Å². The van der Waals surface area contributed by atoms with Gasteiger partial charge in [0.15, 0.2) is 18.1 Å². The highest BCUT2D eigenvalue weighted by Gasteiger charge is 2.36. The lowest BCUT2D eigenvalue weighted by atomic mass is 10.1. The number of hydrogen-bond donors (Lipinski definition) is 2. The number of anilines is 2. The smallest absolute Gasteiger partial charge is 0.335 e. The van der Waals surface area contributed by atoms with Gasteiger partial charge in [0.2, 0.25) is 0 Å². The molecule has 0 atom stereocenters. The molecule has 1 aliphatic heterocycles. The van der Waals surface area contributed by atoms with E-state index in [4.69, 9.17) is 14.2 Å². The van der Waals surface area contributed by atoms with Crippen LogP contribution in [-0.4, -0.2) is 44.1 Å². The lowest BCUT2D eigenvalue weighted by molar-refractivity contribution is -0.122. The van der Waals surface area contributed by atoms with E-state index in [1.807, 2.05) is 39.0 Å². The molecule has 1 heterocycles. The topological polar surface area (TPSA) is 123 Å². The second-order valence-electron chi connectivity index (χ2n) is 8.95. The highest BCUT2D eigenvalue weighted by molar-refractivity contribution is 6.39. The van der Waals surface area contributed by atoms with Crippen LogP contribution >= 0.6 is 0 Å². The number of carbonyl (C=O) groups is 4. The number of benzene rings is 3. The Bertz CT molecular complexity index is 1500. The first-order chi connectivity index (χ1) is 19.2. The van der Waals surface area contributed by atoms with Gasteiger partial charge in [-0.25, -0.2) is 9.69 Å². The number of rotatable bonds is 9. The number of aryl methyl sites for hydroxylation is 2. The molecule has 4 rings (SSSR count). The molecule has 1 saturated heterocycles. The van der Waals surface area contributed by atoms with E-state index in [9.17, 15) is 19.2 Å². The fraction of sp³-hybridized carbons (Fsp3) is 0.200. The van der Waals surface area contributed by atoms with E-state index < -0.39 is 17.8 Å². The van der Waals surface area contributed by atoms with E-state index in [0.29, 0.717) is 29.4 Å². The fourth-order valence-corrected chi connectivity index (χ4v) is 4.01. The molecule has 0 spiro atoms. The summed E-state index contributed by atoms with van der Waals surface area (Å²) in [4.78, 5) is 51.6. The maximum Gasteiger partial charge on any atom is 0.335 e. The number of methoxy groups -OCH3 is 1. The molecule has 1 fully saturated rings. The van der Waals surface area contributed by atoms with Crippen molar-refractivity contribution in [2.45, 2.75) is 20.8 Å². The Morgan fingerprint density at radius 1 is 0.950 bits per heavy atom. The number of imide groups is 2. The molecule has 3 aromatic carbocycles. The van der Waals surface area contributed by atoms with E-state index in [-0.39, 0.29) is 29.5 Å². The Kier molecular flexibility index (Phi) is 8.48. The Morgan fingerprint density at radius 3 is 2.40 bits per heavy atom. The quantitative estimate of drug-likeness (QED) is 0.303. The van der Waals surface area contributed by atoms with E-state index >= 15 is 0 Å². The first-order valence-corrected chi connectivity index (χ1v) is 12.5. The summed E-state index contributed by atoms with van der Waals surface area (Å²) in [6, 6.07) is 16.0. The van der Waals surface area contributed by atoms with Crippen molar-refractivity contribution < 1.29 is 33.4 Å². The second kappa shape index (κ2) is 12.2. The van der Waals surface area contributed by atoms with Gasteiger partial charge in [-0.15, -0.1) is 0 Å². The first kappa shape index (κ1) is 27.9. The van der Waals surface area contributed by atoms with Gasteiger partial charge in [-0.3, -0.25) is 19.7 Å². The van der Waals surface area contributed by atoms with Crippen LogP contribution in [0.2, 0.25) is 0 Å². The summed E-state index contributed by atoms with van der Waals surface area (Å²) >= 11 is 0. The third-order valence-corrected chi connectivity index (χ3v) is 6.03. The highest BCUT2D eigenvalue weighted by atomic mass is 16.5. The van der Waals surface area contributed by atoms with Crippen molar-refractivity contribution in [1.82, 2.24) is 5.32 Å². The van der Waals surface area contributed by atoms with Crippen molar-refractivity contribution in [1.29, 1.82) is 0 Å². The molecule has 10 nitrogen and oxygen atoms in total. The number of nitrogens with one attached hydrogen (secondary N) is 2. The van der Waals surface area contributed by atoms with Crippen LogP contribution in [0.5, 0.6) is 17.2 Å². The lowest BCUT2D eigenvalue weighted by Gasteiger charge is -2.26. The molecule has 2 N–H and O–H groups in total. The van der Waals surface area contributed by atoms with Crippen LogP contribution in [0.15, 0.2) is 66.2 Å². The predicted molar refractivity (Wildman–Crippen MR) is 150 cm³/mol. The molecule has 10 heteroatoms. The largest absolute Gasteiger partial charge is 0.494 e. The minimum atomic E-state index is -0.850.